The number of hydrogen-bond donors (Lipinski definition) is 0. The highest BCUT2D eigenvalue weighted by Gasteiger charge is 2.19. The van der Waals surface area contributed by atoms with E-state index in [0.29, 0.717) is 6.54 Å². The van der Waals surface area contributed by atoms with Crippen LogP contribution in [0.2, 0.25) is 0 Å². The van der Waals surface area contributed by atoms with Crippen molar-refractivity contribution in [2.24, 2.45) is 0 Å². The molecule has 10 aromatic rings. The van der Waals surface area contributed by atoms with Gasteiger partial charge in [0.2, 0.25) is 0 Å². The van der Waals surface area contributed by atoms with Crippen LogP contribution in [-0.4, -0.2) is 0 Å². The van der Waals surface area contributed by atoms with Gasteiger partial charge in [0.05, 0.1) is 0 Å². The molecule has 0 aliphatic carbocycles. The van der Waals surface area contributed by atoms with Gasteiger partial charge in [-0.15, -0.1) is 0 Å². The highest BCUT2D eigenvalue weighted by Crippen LogP contribution is 2.41. The Kier molecular flexibility index (Phi) is 7.58. The van der Waals surface area contributed by atoms with E-state index in [1.165, 1.54) is 55.2 Å². The van der Waals surface area contributed by atoms with E-state index in [2.05, 4.69) is 205 Å². The number of furan rings is 1. The van der Waals surface area contributed by atoms with Crippen LogP contribution in [0.15, 0.2) is 205 Å². The lowest BCUT2D eigenvalue weighted by Crippen LogP contribution is -2.17. The van der Waals surface area contributed by atoms with Crippen molar-refractivity contribution in [1.82, 2.24) is 0 Å². The van der Waals surface area contributed by atoms with Crippen molar-refractivity contribution in [3.05, 3.63) is 206 Å². The normalized spacial score (nSPS) is 11.5. The number of para-hydroxylation sites is 1. The first-order chi connectivity index (χ1) is 26.3. The maximum absolute atomic E-state index is 6.81. The number of rotatable bonds is 7. The summed E-state index contributed by atoms with van der Waals surface area (Å²) in [6.07, 6.45) is 0. The lowest BCUT2D eigenvalue weighted by atomic mass is 9.96. The van der Waals surface area contributed by atoms with Crippen molar-refractivity contribution in [2.75, 3.05) is 4.90 Å². The quantitative estimate of drug-likeness (QED) is 0.167. The molecule has 0 radical (unpaired) electrons. The minimum Gasteiger partial charge on any atom is -0.455 e. The van der Waals surface area contributed by atoms with Gasteiger partial charge in [-0.1, -0.05) is 176 Å². The molecule has 9 aromatic carbocycles. The lowest BCUT2D eigenvalue weighted by Gasteiger charge is -2.28. The second-order valence-corrected chi connectivity index (χ2v) is 13.7. The van der Waals surface area contributed by atoms with E-state index in [0.717, 1.165) is 38.6 Å². The summed E-state index contributed by atoms with van der Waals surface area (Å²) in [6, 6.07) is 71.9. The summed E-state index contributed by atoms with van der Waals surface area (Å²) in [5.41, 5.74) is 12.5. The van der Waals surface area contributed by atoms with Gasteiger partial charge in [-0.25, -0.2) is 0 Å². The van der Waals surface area contributed by atoms with Crippen LogP contribution in [0.5, 0.6) is 0 Å². The molecule has 250 valence electrons. The molecule has 0 saturated carbocycles. The zero-order valence-electron chi connectivity index (χ0n) is 29.1. The smallest absolute Gasteiger partial charge is 0.143 e. The highest BCUT2D eigenvalue weighted by molar-refractivity contribution is 6.17. The van der Waals surface area contributed by atoms with Gasteiger partial charge in [-0.05, 0) is 68.4 Å². The molecule has 0 fully saturated rings. The molecule has 0 aliphatic rings. The molecular weight excluding hydrogens is 643 g/mol. The average molecular weight is 678 g/mol. The van der Waals surface area contributed by atoms with E-state index in [1.54, 1.807) is 0 Å². The first-order valence-electron chi connectivity index (χ1n) is 18.2. The van der Waals surface area contributed by atoms with Crippen molar-refractivity contribution < 1.29 is 4.42 Å². The molecule has 0 N–H and O–H groups in total. The lowest BCUT2D eigenvalue weighted by molar-refractivity contribution is 0.673. The third-order valence-corrected chi connectivity index (χ3v) is 10.6. The maximum Gasteiger partial charge on any atom is 0.143 e. The van der Waals surface area contributed by atoms with Crippen LogP contribution < -0.4 is 4.90 Å². The van der Waals surface area contributed by atoms with Gasteiger partial charge >= 0.3 is 0 Å². The van der Waals surface area contributed by atoms with Crippen LogP contribution >= 0.6 is 0 Å². The molecular formula is C51H35NO. The predicted molar refractivity (Wildman–Crippen MR) is 224 cm³/mol. The monoisotopic (exact) mass is 677 g/mol. The number of fused-ring (bicyclic) bond motifs is 6. The Morgan fingerprint density at radius 2 is 0.868 bits per heavy atom. The Morgan fingerprint density at radius 1 is 0.340 bits per heavy atom. The minimum atomic E-state index is 0.675. The van der Waals surface area contributed by atoms with Gasteiger partial charge in [0.1, 0.15) is 11.2 Å². The number of anilines is 2. The molecule has 1 aromatic heterocycles. The number of hydrogen-bond acceptors (Lipinski definition) is 2. The van der Waals surface area contributed by atoms with E-state index >= 15 is 0 Å². The molecule has 53 heavy (non-hydrogen) atoms. The fourth-order valence-corrected chi connectivity index (χ4v) is 7.91. The Balaban J connectivity index is 1.07. The second kappa shape index (κ2) is 13.0. The fourth-order valence-electron chi connectivity index (χ4n) is 7.91. The summed E-state index contributed by atoms with van der Waals surface area (Å²) in [6.45, 7) is 0.675. The van der Waals surface area contributed by atoms with E-state index in [1.807, 2.05) is 0 Å². The summed E-state index contributed by atoms with van der Waals surface area (Å²) >= 11 is 0. The van der Waals surface area contributed by atoms with E-state index < -0.39 is 0 Å². The fraction of sp³-hybridized carbons (Fsp3) is 0.0196. The predicted octanol–water partition coefficient (Wildman–Crippen LogP) is 14.2. The summed E-state index contributed by atoms with van der Waals surface area (Å²) < 4.78 is 6.81. The Labute approximate surface area is 308 Å². The van der Waals surface area contributed by atoms with Gasteiger partial charge in [0, 0.05) is 45.0 Å². The molecule has 1 heterocycles. The molecule has 0 bridgehead atoms. The van der Waals surface area contributed by atoms with E-state index in [9.17, 15) is 0 Å². The van der Waals surface area contributed by atoms with Crippen molar-refractivity contribution >= 4 is 54.9 Å². The first kappa shape index (κ1) is 30.9. The molecule has 0 unspecified atom stereocenters. The summed E-state index contributed by atoms with van der Waals surface area (Å²) in [7, 11) is 0. The largest absolute Gasteiger partial charge is 0.455 e. The standard InChI is InChI=1S/C51H35NO/c1-2-12-35(13-3-1)36-24-26-37(27-25-36)38-28-31-42(32-29-38)52(49-23-10-17-39-14-4-8-19-44(39)49)34-41-16-6-7-18-43(41)46-21-11-22-47-48-33-30-40-15-5-9-20-45(40)50(48)53-51(46)47/h1-33H,34H2. The molecule has 0 saturated heterocycles. The molecule has 2 nitrogen and oxygen atoms in total. The zero-order valence-corrected chi connectivity index (χ0v) is 29.1. The molecule has 0 amide bonds. The molecule has 0 aliphatic heterocycles. The van der Waals surface area contributed by atoms with Crippen molar-refractivity contribution in [3.63, 3.8) is 0 Å². The van der Waals surface area contributed by atoms with E-state index in [-0.39, 0.29) is 0 Å². The van der Waals surface area contributed by atoms with Crippen molar-refractivity contribution in [1.29, 1.82) is 0 Å². The van der Waals surface area contributed by atoms with Gasteiger partial charge < -0.3 is 9.32 Å². The Hall–Kier alpha value is -6.90. The van der Waals surface area contributed by atoms with Gasteiger partial charge in [0.15, 0.2) is 0 Å². The van der Waals surface area contributed by atoms with Crippen molar-refractivity contribution in [3.8, 4) is 33.4 Å². The molecule has 0 spiro atoms. The van der Waals surface area contributed by atoms with Crippen LogP contribution in [0, 0.1) is 0 Å². The van der Waals surface area contributed by atoms with Gasteiger partial charge in [0.25, 0.3) is 0 Å². The number of benzene rings is 9. The minimum absolute atomic E-state index is 0.675. The van der Waals surface area contributed by atoms with Crippen LogP contribution in [-0.2, 0) is 6.54 Å². The Bertz CT molecular complexity index is 2900. The molecule has 10 rings (SSSR count). The van der Waals surface area contributed by atoms with Crippen LogP contribution in [0.25, 0.3) is 76.9 Å². The third-order valence-electron chi connectivity index (χ3n) is 10.6. The van der Waals surface area contributed by atoms with Crippen molar-refractivity contribution in [2.45, 2.75) is 6.54 Å². The summed E-state index contributed by atoms with van der Waals surface area (Å²) in [4.78, 5) is 2.45. The van der Waals surface area contributed by atoms with E-state index in [4.69, 9.17) is 4.42 Å². The first-order valence-corrected chi connectivity index (χ1v) is 18.2. The molecule has 0 atom stereocenters. The Morgan fingerprint density at radius 3 is 1.64 bits per heavy atom. The SMILES string of the molecule is c1ccc(-c2ccc(-c3ccc(N(Cc4ccccc4-c4cccc5c4oc4c6ccccc6ccc54)c4cccc5ccccc45)cc3)cc2)cc1. The van der Waals surface area contributed by atoms with Gasteiger partial charge in [-0.2, -0.15) is 0 Å². The van der Waals surface area contributed by atoms with Crippen LogP contribution in [0.4, 0.5) is 11.4 Å². The molecule has 2 heteroatoms. The topological polar surface area (TPSA) is 16.4 Å². The van der Waals surface area contributed by atoms with Crippen LogP contribution in [0.3, 0.4) is 0 Å². The number of nitrogens with zero attached hydrogens (tertiary/aromatic N) is 1. The summed E-state index contributed by atoms with van der Waals surface area (Å²) in [5, 5.41) is 7.04. The summed E-state index contributed by atoms with van der Waals surface area (Å²) in [5.74, 6) is 0. The van der Waals surface area contributed by atoms with Crippen LogP contribution in [0.1, 0.15) is 5.56 Å². The maximum atomic E-state index is 6.81. The zero-order chi connectivity index (χ0) is 35.1. The third kappa shape index (κ3) is 5.53. The van der Waals surface area contributed by atoms with Gasteiger partial charge in [-0.3, -0.25) is 0 Å². The second-order valence-electron chi connectivity index (χ2n) is 13.7. The highest BCUT2D eigenvalue weighted by atomic mass is 16.3. The average Bonchev–Trinajstić information content (AvgIpc) is 3.63.